The van der Waals surface area contributed by atoms with E-state index in [0.29, 0.717) is 18.1 Å². The average molecular weight is 388 g/mol. The Morgan fingerprint density at radius 1 is 0.893 bits per heavy atom. The lowest BCUT2D eigenvalue weighted by Gasteiger charge is -2.23. The first-order valence-corrected chi connectivity index (χ1v) is 8.74. The summed E-state index contributed by atoms with van der Waals surface area (Å²) in [7, 11) is 0. The predicted molar refractivity (Wildman–Crippen MR) is 103 cm³/mol. The molecule has 2 rings (SSSR count). The lowest BCUT2D eigenvalue weighted by atomic mass is 10.2. The molecule has 28 heavy (non-hydrogen) atoms. The molecule has 0 saturated heterocycles. The van der Waals surface area contributed by atoms with Crippen molar-refractivity contribution in [3.63, 3.8) is 0 Å². The molecule has 2 aromatic rings. The van der Waals surface area contributed by atoms with E-state index in [9.17, 15) is 14.7 Å². The van der Waals surface area contributed by atoms with Crippen LogP contribution in [-0.4, -0.2) is 40.5 Å². The van der Waals surface area contributed by atoms with E-state index >= 15 is 0 Å². The molecular formula is C21H24O7. The van der Waals surface area contributed by atoms with Gasteiger partial charge in [-0.15, -0.1) is 0 Å². The Balaban J connectivity index is 2.18. The van der Waals surface area contributed by atoms with Gasteiger partial charge < -0.3 is 24.4 Å². The zero-order valence-electron chi connectivity index (χ0n) is 16.3. The highest BCUT2D eigenvalue weighted by Crippen LogP contribution is 2.28. The molecule has 0 fully saturated rings. The minimum absolute atomic E-state index is 0.0126. The molecule has 0 aliphatic heterocycles. The molecule has 7 heteroatoms. The zero-order chi connectivity index (χ0) is 20.9. The van der Waals surface area contributed by atoms with Crippen LogP contribution in [0.2, 0.25) is 0 Å². The van der Waals surface area contributed by atoms with Crippen molar-refractivity contribution < 1.29 is 34.0 Å². The maximum absolute atomic E-state index is 11.4. The van der Waals surface area contributed by atoms with Crippen LogP contribution in [0.25, 0.3) is 0 Å². The number of rotatable bonds is 8. The van der Waals surface area contributed by atoms with E-state index in [1.54, 1.807) is 6.07 Å². The van der Waals surface area contributed by atoms with Crippen LogP contribution in [-0.2, 0) is 4.74 Å². The van der Waals surface area contributed by atoms with Crippen LogP contribution in [0.4, 0.5) is 0 Å². The van der Waals surface area contributed by atoms with Crippen LogP contribution < -0.4 is 9.47 Å². The molecule has 0 aromatic heterocycles. The fourth-order valence-electron chi connectivity index (χ4n) is 2.26. The Morgan fingerprint density at radius 3 is 2.00 bits per heavy atom. The van der Waals surface area contributed by atoms with Crippen molar-refractivity contribution in [3.05, 3.63) is 53.6 Å². The Bertz CT molecular complexity index is 835. The summed E-state index contributed by atoms with van der Waals surface area (Å²) in [6.07, 6.45) is -0.300. The van der Waals surface area contributed by atoms with Crippen molar-refractivity contribution >= 4 is 11.9 Å². The van der Waals surface area contributed by atoms with Gasteiger partial charge in [-0.05, 0) is 64.1 Å². The number of hydrogen-bond donors (Lipinski definition) is 2. The lowest BCUT2D eigenvalue weighted by molar-refractivity contribution is -0.0374. The average Bonchev–Trinajstić information content (AvgIpc) is 2.59. The highest BCUT2D eigenvalue weighted by molar-refractivity contribution is 5.89. The molecule has 7 nitrogen and oxygen atoms in total. The Hall–Kier alpha value is -3.06. The van der Waals surface area contributed by atoms with Crippen molar-refractivity contribution in [2.45, 2.75) is 39.4 Å². The first-order chi connectivity index (χ1) is 13.0. The predicted octanol–water partition coefficient (Wildman–Crippen LogP) is 4.46. The van der Waals surface area contributed by atoms with E-state index in [1.807, 2.05) is 27.7 Å². The second-order valence-corrected chi connectivity index (χ2v) is 7.28. The number of hydrogen-bond acceptors (Lipinski definition) is 5. The van der Waals surface area contributed by atoms with E-state index < -0.39 is 11.9 Å². The molecule has 0 aliphatic carbocycles. The molecule has 0 heterocycles. The molecule has 0 spiro atoms. The lowest BCUT2D eigenvalue weighted by Crippen LogP contribution is -2.27. The van der Waals surface area contributed by atoms with Crippen LogP contribution in [0.15, 0.2) is 42.5 Å². The van der Waals surface area contributed by atoms with Crippen LogP contribution in [0, 0.1) is 0 Å². The molecule has 2 aromatic carbocycles. The van der Waals surface area contributed by atoms with E-state index in [4.69, 9.17) is 19.3 Å². The molecule has 2 N–H and O–H groups in total. The summed E-state index contributed by atoms with van der Waals surface area (Å²) in [4.78, 5) is 22.3. The van der Waals surface area contributed by atoms with Gasteiger partial charge in [0.2, 0.25) is 0 Å². The number of carboxylic acid groups (broad SMARTS) is 2. The fraction of sp³-hybridized carbons (Fsp3) is 0.333. The van der Waals surface area contributed by atoms with Crippen molar-refractivity contribution in [3.8, 4) is 17.2 Å². The van der Waals surface area contributed by atoms with Gasteiger partial charge in [-0.2, -0.15) is 0 Å². The number of carboxylic acids is 2. The highest BCUT2D eigenvalue weighted by Gasteiger charge is 2.15. The maximum Gasteiger partial charge on any atom is 0.335 e. The van der Waals surface area contributed by atoms with E-state index in [0.717, 1.165) is 0 Å². The summed E-state index contributed by atoms with van der Waals surface area (Å²) >= 11 is 0. The van der Waals surface area contributed by atoms with Gasteiger partial charge in [0.1, 0.15) is 23.4 Å². The van der Waals surface area contributed by atoms with Gasteiger partial charge in [-0.1, -0.05) is 0 Å². The third kappa shape index (κ3) is 6.59. The second kappa shape index (κ2) is 8.75. The first-order valence-electron chi connectivity index (χ1n) is 8.74. The minimum Gasteiger partial charge on any atom is -0.488 e. The largest absolute Gasteiger partial charge is 0.488 e. The molecule has 0 radical (unpaired) electrons. The Morgan fingerprint density at radius 2 is 1.46 bits per heavy atom. The van der Waals surface area contributed by atoms with E-state index in [1.165, 1.54) is 36.4 Å². The number of benzene rings is 2. The summed E-state index contributed by atoms with van der Waals surface area (Å²) in [6.45, 7) is 7.98. The third-order valence-electron chi connectivity index (χ3n) is 3.55. The van der Waals surface area contributed by atoms with Crippen LogP contribution in [0.1, 0.15) is 48.4 Å². The van der Waals surface area contributed by atoms with Gasteiger partial charge in [0.15, 0.2) is 0 Å². The van der Waals surface area contributed by atoms with E-state index in [2.05, 4.69) is 0 Å². The standard InChI is InChI=1S/C21H24O7/c1-13(12-26-21(2,3)4)27-17-9-15(20(24)25)10-18(11-17)28-16-7-5-14(6-8-16)19(22)23/h5-11,13H,12H2,1-4H3,(H,22,23)(H,24,25)/t13-/m0/s1. The summed E-state index contributed by atoms with van der Waals surface area (Å²) in [5, 5.41) is 18.3. The molecule has 150 valence electrons. The molecule has 0 aliphatic rings. The van der Waals surface area contributed by atoms with E-state index in [-0.39, 0.29) is 28.6 Å². The molecule has 0 amide bonds. The number of aromatic carboxylic acids is 2. The summed E-state index contributed by atoms with van der Waals surface area (Å²) in [5.74, 6) is -1.18. The Labute approximate surface area is 163 Å². The normalized spacial score (nSPS) is 12.3. The van der Waals surface area contributed by atoms with Gasteiger partial charge in [0, 0.05) is 6.07 Å². The quantitative estimate of drug-likeness (QED) is 0.688. The maximum atomic E-state index is 11.4. The van der Waals surface area contributed by atoms with Gasteiger partial charge >= 0.3 is 11.9 Å². The van der Waals surface area contributed by atoms with Crippen LogP contribution >= 0.6 is 0 Å². The van der Waals surface area contributed by atoms with Crippen molar-refractivity contribution in [2.24, 2.45) is 0 Å². The third-order valence-corrected chi connectivity index (χ3v) is 3.55. The van der Waals surface area contributed by atoms with Gasteiger partial charge in [0.25, 0.3) is 0 Å². The van der Waals surface area contributed by atoms with Gasteiger partial charge in [0.05, 0.1) is 23.3 Å². The highest BCUT2D eigenvalue weighted by atomic mass is 16.5. The van der Waals surface area contributed by atoms with Crippen LogP contribution in [0.3, 0.4) is 0 Å². The molecule has 0 saturated carbocycles. The Kier molecular flexibility index (Phi) is 6.64. The van der Waals surface area contributed by atoms with Crippen molar-refractivity contribution in [1.82, 2.24) is 0 Å². The molecular weight excluding hydrogens is 364 g/mol. The zero-order valence-corrected chi connectivity index (χ0v) is 16.3. The monoisotopic (exact) mass is 388 g/mol. The minimum atomic E-state index is -1.12. The molecule has 0 unspecified atom stereocenters. The molecule has 0 bridgehead atoms. The van der Waals surface area contributed by atoms with Gasteiger partial charge in [-0.25, -0.2) is 9.59 Å². The molecule has 1 atom stereocenters. The smallest absolute Gasteiger partial charge is 0.335 e. The summed E-state index contributed by atoms with van der Waals surface area (Å²) < 4.78 is 17.1. The summed E-state index contributed by atoms with van der Waals surface area (Å²) in [6, 6.07) is 10.2. The number of carbonyl (C=O) groups is 2. The van der Waals surface area contributed by atoms with Crippen molar-refractivity contribution in [2.75, 3.05) is 6.61 Å². The topological polar surface area (TPSA) is 102 Å². The first kappa shape index (κ1) is 21.2. The fourth-order valence-corrected chi connectivity index (χ4v) is 2.26. The number of ether oxygens (including phenoxy) is 3. The summed E-state index contributed by atoms with van der Waals surface area (Å²) in [5.41, 5.74) is -0.168. The van der Waals surface area contributed by atoms with Crippen molar-refractivity contribution in [1.29, 1.82) is 0 Å². The second-order valence-electron chi connectivity index (χ2n) is 7.28. The van der Waals surface area contributed by atoms with Gasteiger partial charge in [-0.3, -0.25) is 0 Å². The van der Waals surface area contributed by atoms with Crippen LogP contribution in [0.5, 0.6) is 17.2 Å². The SMILES string of the molecule is C[C@@H](COC(C)(C)C)Oc1cc(Oc2ccc(C(=O)O)cc2)cc(C(=O)O)c1.